The fraction of sp³-hybridized carbons (Fsp3) is 0.214. The monoisotopic (exact) mass is 282 g/mol. The quantitative estimate of drug-likeness (QED) is 0.852. The molecule has 0 aliphatic rings. The number of hydrogen-bond donors (Lipinski definition) is 1. The second kappa shape index (κ2) is 6.27. The Morgan fingerprint density at radius 1 is 1.20 bits per heavy atom. The zero-order chi connectivity index (χ0) is 14.5. The summed E-state index contributed by atoms with van der Waals surface area (Å²) < 4.78 is 44.3. The smallest absolute Gasteiger partial charge is 0.237 e. The molecule has 20 heavy (non-hydrogen) atoms. The summed E-state index contributed by atoms with van der Waals surface area (Å²) in [5.74, 6) is -3.49. The summed E-state index contributed by atoms with van der Waals surface area (Å²) in [7, 11) is 0. The van der Waals surface area contributed by atoms with E-state index in [9.17, 15) is 13.2 Å². The maximum absolute atomic E-state index is 13.1. The molecule has 0 amide bonds. The van der Waals surface area contributed by atoms with E-state index >= 15 is 0 Å². The summed E-state index contributed by atoms with van der Waals surface area (Å²) in [5.41, 5.74) is 0.882. The van der Waals surface area contributed by atoms with Gasteiger partial charge in [-0.05, 0) is 36.8 Å². The second-order valence-electron chi connectivity index (χ2n) is 4.02. The zero-order valence-electron chi connectivity index (χ0n) is 10.8. The molecular weight excluding hydrogens is 269 g/mol. The first-order valence-corrected chi connectivity index (χ1v) is 6.07. The highest BCUT2D eigenvalue weighted by Crippen LogP contribution is 2.22. The van der Waals surface area contributed by atoms with Crippen molar-refractivity contribution in [2.24, 2.45) is 0 Å². The maximum atomic E-state index is 13.1. The molecule has 0 fully saturated rings. The molecule has 0 radical (unpaired) electrons. The van der Waals surface area contributed by atoms with Gasteiger partial charge >= 0.3 is 0 Å². The second-order valence-corrected chi connectivity index (χ2v) is 4.02. The predicted molar refractivity (Wildman–Crippen MR) is 69.0 cm³/mol. The van der Waals surface area contributed by atoms with Crippen molar-refractivity contribution in [3.63, 3.8) is 0 Å². The van der Waals surface area contributed by atoms with E-state index in [-0.39, 0.29) is 12.1 Å². The Bertz CT molecular complexity index is 582. The minimum Gasteiger partial charge on any atom is -0.476 e. The topological polar surface area (TPSA) is 34.1 Å². The third-order valence-corrected chi connectivity index (χ3v) is 2.58. The molecule has 0 aliphatic heterocycles. The summed E-state index contributed by atoms with van der Waals surface area (Å²) in [6.45, 7) is 2.40. The van der Waals surface area contributed by atoms with Gasteiger partial charge in [-0.25, -0.2) is 18.2 Å². The van der Waals surface area contributed by atoms with Gasteiger partial charge in [0.05, 0.1) is 12.3 Å². The van der Waals surface area contributed by atoms with Gasteiger partial charge in [-0.15, -0.1) is 0 Å². The summed E-state index contributed by atoms with van der Waals surface area (Å²) in [6, 6.07) is 5.33. The Labute approximate surface area is 114 Å². The molecule has 0 saturated carbocycles. The van der Waals surface area contributed by atoms with Crippen molar-refractivity contribution in [2.75, 3.05) is 11.9 Å². The van der Waals surface area contributed by atoms with Crippen molar-refractivity contribution in [2.45, 2.75) is 13.5 Å². The van der Waals surface area contributed by atoms with Crippen molar-refractivity contribution >= 4 is 5.69 Å². The van der Waals surface area contributed by atoms with Crippen molar-refractivity contribution in [1.29, 1.82) is 0 Å². The fourth-order valence-electron chi connectivity index (χ4n) is 1.68. The number of aromatic nitrogens is 1. The van der Waals surface area contributed by atoms with E-state index in [1.165, 1.54) is 0 Å². The SMILES string of the molecule is CCOc1ncccc1NCc1cc(F)c(F)c(F)c1. The van der Waals surface area contributed by atoms with Crippen LogP contribution in [0.4, 0.5) is 18.9 Å². The van der Waals surface area contributed by atoms with Crippen molar-refractivity contribution in [3.8, 4) is 5.88 Å². The number of rotatable bonds is 5. The Kier molecular flexibility index (Phi) is 4.45. The molecule has 1 aromatic carbocycles. The van der Waals surface area contributed by atoms with Crippen molar-refractivity contribution in [3.05, 3.63) is 53.5 Å². The third kappa shape index (κ3) is 3.20. The molecular formula is C14H13F3N2O. The number of benzene rings is 1. The van der Waals surface area contributed by atoms with E-state index < -0.39 is 17.5 Å². The van der Waals surface area contributed by atoms with Crippen LogP contribution in [0.5, 0.6) is 5.88 Å². The summed E-state index contributed by atoms with van der Waals surface area (Å²) in [4.78, 5) is 4.04. The van der Waals surface area contributed by atoms with Gasteiger partial charge in [-0.2, -0.15) is 0 Å². The normalized spacial score (nSPS) is 10.4. The Balaban J connectivity index is 2.13. The molecule has 0 bridgehead atoms. The lowest BCUT2D eigenvalue weighted by atomic mass is 10.2. The highest BCUT2D eigenvalue weighted by molar-refractivity contribution is 5.52. The zero-order valence-corrected chi connectivity index (χ0v) is 10.8. The average Bonchev–Trinajstić information content (AvgIpc) is 2.44. The van der Waals surface area contributed by atoms with Crippen LogP contribution in [-0.4, -0.2) is 11.6 Å². The largest absolute Gasteiger partial charge is 0.476 e. The first-order valence-electron chi connectivity index (χ1n) is 6.07. The van der Waals surface area contributed by atoms with Gasteiger partial charge < -0.3 is 10.1 Å². The van der Waals surface area contributed by atoms with Gasteiger partial charge in [0.25, 0.3) is 0 Å². The molecule has 0 aliphatic carbocycles. The predicted octanol–water partition coefficient (Wildman–Crippen LogP) is 3.51. The van der Waals surface area contributed by atoms with Crippen LogP contribution < -0.4 is 10.1 Å². The molecule has 2 rings (SSSR count). The van der Waals surface area contributed by atoms with Gasteiger partial charge in [-0.3, -0.25) is 0 Å². The Morgan fingerprint density at radius 2 is 1.90 bits per heavy atom. The number of halogens is 3. The van der Waals surface area contributed by atoms with Gasteiger partial charge in [-0.1, -0.05) is 0 Å². The van der Waals surface area contributed by atoms with E-state index in [0.717, 1.165) is 12.1 Å². The maximum Gasteiger partial charge on any atom is 0.237 e. The lowest BCUT2D eigenvalue weighted by Gasteiger charge is -2.11. The number of pyridine rings is 1. The van der Waals surface area contributed by atoms with E-state index in [2.05, 4.69) is 10.3 Å². The number of ether oxygens (including phenoxy) is 1. The molecule has 6 heteroatoms. The summed E-state index contributed by atoms with van der Waals surface area (Å²) in [6.07, 6.45) is 1.58. The average molecular weight is 282 g/mol. The molecule has 0 spiro atoms. The van der Waals surface area contributed by atoms with E-state index in [0.29, 0.717) is 18.2 Å². The van der Waals surface area contributed by atoms with Gasteiger partial charge in [0, 0.05) is 12.7 Å². The van der Waals surface area contributed by atoms with Crippen molar-refractivity contribution in [1.82, 2.24) is 4.98 Å². The van der Waals surface area contributed by atoms with Crippen LogP contribution >= 0.6 is 0 Å². The van der Waals surface area contributed by atoms with Gasteiger partial charge in [0.1, 0.15) is 0 Å². The molecule has 0 unspecified atom stereocenters. The highest BCUT2D eigenvalue weighted by Gasteiger charge is 2.11. The molecule has 106 valence electrons. The first kappa shape index (κ1) is 14.2. The summed E-state index contributed by atoms with van der Waals surface area (Å²) in [5, 5.41) is 2.94. The lowest BCUT2D eigenvalue weighted by molar-refractivity contribution is 0.328. The third-order valence-electron chi connectivity index (χ3n) is 2.58. The molecule has 1 N–H and O–H groups in total. The molecule has 2 aromatic rings. The number of nitrogens with one attached hydrogen (secondary N) is 1. The van der Waals surface area contributed by atoms with Crippen LogP contribution in [0.3, 0.4) is 0 Å². The lowest BCUT2D eigenvalue weighted by Crippen LogP contribution is -2.05. The number of anilines is 1. The van der Waals surface area contributed by atoms with E-state index in [4.69, 9.17) is 4.74 Å². The molecule has 0 atom stereocenters. The highest BCUT2D eigenvalue weighted by atomic mass is 19.2. The standard InChI is InChI=1S/C14H13F3N2O/c1-2-20-14-12(4-3-5-18-14)19-8-9-6-10(15)13(17)11(16)7-9/h3-7,19H,2,8H2,1H3. The van der Waals surface area contributed by atoms with Crippen LogP contribution in [-0.2, 0) is 6.54 Å². The van der Waals surface area contributed by atoms with Crippen molar-refractivity contribution < 1.29 is 17.9 Å². The van der Waals surface area contributed by atoms with E-state index in [1.54, 1.807) is 18.3 Å². The van der Waals surface area contributed by atoms with Crippen LogP contribution in [0.1, 0.15) is 12.5 Å². The van der Waals surface area contributed by atoms with Crippen LogP contribution in [0, 0.1) is 17.5 Å². The first-order chi connectivity index (χ1) is 9.61. The molecule has 1 heterocycles. The van der Waals surface area contributed by atoms with E-state index in [1.807, 2.05) is 6.92 Å². The minimum absolute atomic E-state index is 0.125. The van der Waals surface area contributed by atoms with Gasteiger partial charge in [0.15, 0.2) is 17.5 Å². The summed E-state index contributed by atoms with van der Waals surface area (Å²) >= 11 is 0. The molecule has 3 nitrogen and oxygen atoms in total. The minimum atomic E-state index is -1.47. The number of hydrogen-bond acceptors (Lipinski definition) is 3. The Morgan fingerprint density at radius 3 is 2.55 bits per heavy atom. The van der Waals surface area contributed by atoms with Crippen LogP contribution in [0.2, 0.25) is 0 Å². The van der Waals surface area contributed by atoms with Crippen LogP contribution in [0.15, 0.2) is 30.5 Å². The molecule has 1 aromatic heterocycles. The molecule has 0 saturated heterocycles. The number of nitrogens with zero attached hydrogens (tertiary/aromatic N) is 1. The fourth-order valence-corrected chi connectivity index (χ4v) is 1.68. The van der Waals surface area contributed by atoms with Gasteiger partial charge in [0.2, 0.25) is 5.88 Å². The Hall–Kier alpha value is -2.24. The van der Waals surface area contributed by atoms with Crippen LogP contribution in [0.25, 0.3) is 0 Å².